The number of carboxylic acids is 1. The first-order valence-electron chi connectivity index (χ1n) is 33.8. The van der Waals surface area contributed by atoms with Gasteiger partial charge in [-0.2, -0.15) is 0 Å². The Hall–Kier alpha value is -10.9. The van der Waals surface area contributed by atoms with Crippen molar-refractivity contribution in [2.24, 2.45) is 11.5 Å². The van der Waals surface area contributed by atoms with Gasteiger partial charge in [-0.1, -0.05) is 110 Å². The Balaban J connectivity index is 1.49. The number of aromatic nitrogens is 2. The zero-order valence-electron chi connectivity index (χ0n) is 58.6. The number of carbonyl (C=O) groups excluding carboxylic acids is 14. The Bertz CT molecular complexity index is 4020. The van der Waals surface area contributed by atoms with Gasteiger partial charge in [-0.3, -0.25) is 67.1 Å². The lowest BCUT2D eigenvalue weighted by molar-refractivity contribution is -0.143. The number of hydrogen-bond acceptors (Lipinski definition) is 22. The molecular formula is C69H86Br2N16O22. The molecule has 38 nitrogen and oxygen atoms in total. The van der Waals surface area contributed by atoms with E-state index >= 15 is 0 Å². The van der Waals surface area contributed by atoms with Gasteiger partial charge in [-0.15, -0.1) is 0 Å². The Kier molecular flexibility index (Phi) is 33.6. The summed E-state index contributed by atoms with van der Waals surface area (Å²) in [5, 5.41) is 104. The largest absolute Gasteiger partial charge is 0.480 e. The molecule has 3 aromatic carbocycles. The van der Waals surface area contributed by atoms with Crippen molar-refractivity contribution in [1.82, 2.24) is 73.4 Å². The molecule has 0 aliphatic carbocycles. The van der Waals surface area contributed by atoms with Crippen LogP contribution in [0.25, 0.3) is 6.08 Å². The number of primary amides is 2. The molecule has 40 heteroatoms. The van der Waals surface area contributed by atoms with Gasteiger partial charge in [0.2, 0.25) is 82.7 Å². The maximum Gasteiger partial charge on any atom is 0.326 e. The first kappa shape index (κ1) is 87.0. The second-order valence-corrected chi connectivity index (χ2v) is 27.5. The van der Waals surface area contributed by atoms with Crippen LogP contribution in [0.4, 0.5) is 0 Å². The zero-order chi connectivity index (χ0) is 80.3. The first-order valence-corrected chi connectivity index (χ1v) is 35.4. The Labute approximate surface area is 638 Å². The van der Waals surface area contributed by atoms with Gasteiger partial charge in [-0.25, -0.2) is 9.78 Å². The monoisotopic (exact) mass is 1650 g/mol. The van der Waals surface area contributed by atoms with Crippen molar-refractivity contribution in [3.8, 4) is 0 Å². The molecule has 0 radical (unpaired) electrons. The number of allylic oxidation sites excluding steroid dienone is 2. The quantitative estimate of drug-likeness (QED) is 0.0464. The normalized spacial score (nSPS) is 25.4. The Morgan fingerprint density at radius 3 is 1.73 bits per heavy atom. The zero-order valence-corrected chi connectivity index (χ0v) is 61.8. The van der Waals surface area contributed by atoms with E-state index < -0.39 is 244 Å². The van der Waals surface area contributed by atoms with Gasteiger partial charge in [0.05, 0.1) is 69.0 Å². The molecule has 3 heterocycles. The van der Waals surface area contributed by atoms with Crippen molar-refractivity contribution in [2.45, 2.75) is 163 Å². The topological polar surface area (TPSA) is 612 Å². The number of aliphatic hydroxyl groups excluding tert-OH is 6. The molecule has 4 bridgehead atoms. The van der Waals surface area contributed by atoms with Crippen molar-refractivity contribution in [3.05, 3.63) is 140 Å². The highest BCUT2D eigenvalue weighted by Gasteiger charge is 2.40. The molecule has 0 saturated carbocycles. The van der Waals surface area contributed by atoms with Crippen LogP contribution in [0.15, 0.2) is 118 Å². The van der Waals surface area contributed by atoms with Crippen LogP contribution in [-0.4, -0.2) is 245 Å². The van der Waals surface area contributed by atoms with E-state index in [4.69, 9.17) is 11.5 Å². The molecule has 1 aromatic heterocycles. The van der Waals surface area contributed by atoms with Gasteiger partial charge >= 0.3 is 5.97 Å². The SMILES string of the molecule is CC(/C=C/c1ccc(Br)cc1)=C\[C@H](O)[C@@H]1CC(=O)N[C@@H](CO)C(=O)N[C@@H]2Cn3cnc(c3)C[C@H](NC(=O)C[C@H](O)CC(C(=O)O)NC(=O)CCNC(=O)[C@H](Cc3ccc(Br)cc3)NC(=O)[C@H]([C@@H](O)C(N)=O)NC(=O)[C@H](CC(N)=O)NC2=O)C(=O)N[C@@H]([C@@H](C)O)C(=O)N[C@@H](CO)C(=O)N[C@@H](Cc2ccccc2)C(=O)N1. The van der Waals surface area contributed by atoms with E-state index in [1.54, 1.807) is 85.8 Å². The lowest BCUT2D eigenvalue weighted by Crippen LogP contribution is -2.63. The summed E-state index contributed by atoms with van der Waals surface area (Å²) >= 11 is 6.65. The van der Waals surface area contributed by atoms with Crippen LogP contribution in [0.5, 0.6) is 0 Å². The highest BCUT2D eigenvalue weighted by Crippen LogP contribution is 2.18. The number of hydrogen-bond donors (Lipinski definition) is 21. The molecule has 15 atom stereocenters. The van der Waals surface area contributed by atoms with Crippen molar-refractivity contribution in [1.29, 1.82) is 0 Å². The van der Waals surface area contributed by atoms with Gasteiger partial charge in [0.25, 0.3) is 0 Å². The molecule has 23 N–H and O–H groups in total. The van der Waals surface area contributed by atoms with Crippen LogP contribution in [0.3, 0.4) is 0 Å². The standard InChI is InChI=1S/C69H86Br2N16O22/c1-33(8-9-35-10-14-38(70)15-11-35)20-51(92)42-27-55(96)78-49(30-88)65(104)83-48-29-87-28-40(75-32-87)23-45(62(101)85-56(34(2)90)67(106)84-50(31-89)66(105)80-44(61(100)79-42)21-36-6-4-3-5-7-36)76-54(95)25-41(91)24-47(69(108)109)77-53(94)18-19-74-60(99)43(22-37-12-16-39(71)17-13-37)82-68(107)57(58(97)59(73)98)86-63(102)46(26-52(72)93)81-64(48)103/h3-17,20,28,32,34,41-51,56-58,88-92,97H,18-19,21-27,29-31H2,1-2H3,(H2,72,93)(H2,73,98)(H,74,99)(H,76,95)(H,77,94)(H,78,96)(H,79,100)(H,80,105)(H,81,103)(H,82,107)(H,83,104)(H,84,106)(H,85,101)(H,86,102)(H,108,109)/b9-8+,33-20+/t34-,41-,42+,43+,44+,45+,46+,47?,48-,49+,50+,51+,56+,57+,58-/m1/s1. The second kappa shape index (κ2) is 42.0. The summed E-state index contributed by atoms with van der Waals surface area (Å²) in [5.74, 6) is -20.1. The number of carbonyl (C=O) groups is 15. The van der Waals surface area contributed by atoms with E-state index in [0.29, 0.717) is 26.7 Å². The number of nitrogens with two attached hydrogens (primary N) is 2. The Morgan fingerprint density at radius 2 is 1.12 bits per heavy atom. The number of benzene rings is 3. The summed E-state index contributed by atoms with van der Waals surface area (Å²) in [6, 6.07) is -0.766. The molecule has 1 unspecified atom stereocenters. The number of carboxylic acid groups (broad SMARTS) is 1. The lowest BCUT2D eigenvalue weighted by Gasteiger charge is -2.28. The first-order chi connectivity index (χ1) is 51.6. The van der Waals surface area contributed by atoms with Crippen LogP contribution in [-0.2, 0) is 97.7 Å². The molecule has 0 fully saturated rings. The molecule has 4 aromatic rings. The van der Waals surface area contributed by atoms with Crippen molar-refractivity contribution < 1.29 is 108 Å². The number of aliphatic carboxylic acids is 1. The number of nitrogens with zero attached hydrogens (tertiary/aromatic N) is 2. The number of imidazole rings is 1. The molecule has 14 amide bonds. The summed E-state index contributed by atoms with van der Waals surface area (Å²) in [4.78, 5) is 214. The molecule has 588 valence electrons. The third kappa shape index (κ3) is 28.0. The fourth-order valence-electron chi connectivity index (χ4n) is 11.0. The van der Waals surface area contributed by atoms with Gasteiger partial charge in [0, 0.05) is 60.2 Å². The Morgan fingerprint density at radius 1 is 0.587 bits per heavy atom. The minimum Gasteiger partial charge on any atom is -0.480 e. The minimum atomic E-state index is -2.66. The minimum absolute atomic E-state index is 0.205. The van der Waals surface area contributed by atoms with Crippen molar-refractivity contribution in [2.75, 3.05) is 19.8 Å². The molecule has 0 spiro atoms. The van der Waals surface area contributed by atoms with Crippen LogP contribution in [0, 0.1) is 0 Å². The van der Waals surface area contributed by atoms with Gasteiger partial charge in [-0.05, 0) is 54.8 Å². The third-order valence-corrected chi connectivity index (χ3v) is 17.9. The predicted molar refractivity (Wildman–Crippen MR) is 388 cm³/mol. The number of amides is 14. The average molecular weight is 1650 g/mol. The highest BCUT2D eigenvalue weighted by atomic mass is 79.9. The van der Waals surface area contributed by atoms with Gasteiger partial charge in [0.1, 0.15) is 60.4 Å². The number of rotatable bonds is 16. The smallest absolute Gasteiger partial charge is 0.326 e. The highest BCUT2D eigenvalue weighted by molar-refractivity contribution is 9.10. The van der Waals surface area contributed by atoms with Crippen molar-refractivity contribution in [3.63, 3.8) is 0 Å². The van der Waals surface area contributed by atoms with Crippen molar-refractivity contribution >= 4 is 127 Å². The van der Waals surface area contributed by atoms with E-state index in [9.17, 15) is 108 Å². The van der Waals surface area contributed by atoms with E-state index in [-0.39, 0.29) is 18.5 Å². The van der Waals surface area contributed by atoms with E-state index in [2.05, 4.69) is 95.3 Å². The second-order valence-electron chi connectivity index (χ2n) is 25.6. The number of aliphatic hydroxyl groups is 6. The molecule has 0 saturated heterocycles. The summed E-state index contributed by atoms with van der Waals surface area (Å²) in [7, 11) is 0. The molecule has 109 heavy (non-hydrogen) atoms. The van der Waals surface area contributed by atoms with Crippen LogP contribution < -0.4 is 75.3 Å². The molecule has 2 aliphatic rings. The molecule has 2 aliphatic heterocycles. The summed E-state index contributed by atoms with van der Waals surface area (Å²) < 4.78 is 2.41. The fourth-order valence-corrected chi connectivity index (χ4v) is 11.6. The summed E-state index contributed by atoms with van der Waals surface area (Å²) in [5.41, 5.74) is 12.6. The van der Waals surface area contributed by atoms with Crippen LogP contribution in [0.2, 0.25) is 0 Å². The predicted octanol–water partition coefficient (Wildman–Crippen LogP) is -6.97. The third-order valence-electron chi connectivity index (χ3n) is 16.8. The fraction of sp³-hybridized carbons (Fsp3) is 0.420. The van der Waals surface area contributed by atoms with Crippen LogP contribution in [0.1, 0.15) is 68.3 Å². The summed E-state index contributed by atoms with van der Waals surface area (Å²) in [6.45, 7) is -1.30. The molecule has 6 rings (SSSR count). The number of halogens is 2. The maximum absolute atomic E-state index is 14.9. The maximum atomic E-state index is 14.9. The van der Waals surface area contributed by atoms with E-state index in [1.165, 1.54) is 18.2 Å². The molecular weight excluding hydrogens is 1560 g/mol. The number of fused-ring (bicyclic) bond motifs is 2. The van der Waals surface area contributed by atoms with E-state index in [0.717, 1.165) is 28.5 Å². The summed E-state index contributed by atoms with van der Waals surface area (Å²) in [6.07, 6.45) is -7.85. The number of nitrogens with one attached hydrogen (secondary N) is 12. The van der Waals surface area contributed by atoms with Gasteiger partial charge < -0.3 is 116 Å². The van der Waals surface area contributed by atoms with E-state index in [1.807, 2.05) is 5.32 Å². The lowest BCUT2D eigenvalue weighted by atomic mass is 10.0. The van der Waals surface area contributed by atoms with Gasteiger partial charge in [0.15, 0.2) is 6.10 Å². The average Bonchev–Trinajstić information content (AvgIpc) is 1.62. The van der Waals surface area contributed by atoms with Crippen LogP contribution >= 0.6 is 31.9 Å².